The second kappa shape index (κ2) is 7.59. The van der Waals surface area contributed by atoms with Crippen LogP contribution in [0.4, 0.5) is 0 Å². The third-order valence-electron chi connectivity index (χ3n) is 4.21. The summed E-state index contributed by atoms with van der Waals surface area (Å²) in [7, 11) is -3.54. The van der Waals surface area contributed by atoms with E-state index in [4.69, 9.17) is 0 Å². The average Bonchev–Trinajstić information content (AvgIpc) is 3.21. The second-order valence-corrected chi connectivity index (χ2v) is 8.52. The highest BCUT2D eigenvalue weighted by Gasteiger charge is 2.17. The molecule has 26 heavy (non-hydrogen) atoms. The molecule has 0 aliphatic heterocycles. The monoisotopic (exact) mass is 375 g/mol. The summed E-state index contributed by atoms with van der Waals surface area (Å²) in [6.07, 6.45) is 7.40. The minimum absolute atomic E-state index is 0.197. The Hall–Kier alpha value is -2.19. The van der Waals surface area contributed by atoms with Crippen molar-refractivity contribution in [2.45, 2.75) is 45.2 Å². The van der Waals surface area contributed by atoms with E-state index >= 15 is 0 Å². The molecule has 0 amide bonds. The lowest BCUT2D eigenvalue weighted by molar-refractivity contribution is 0.532. The lowest BCUT2D eigenvalue weighted by atomic mass is 10.2. The van der Waals surface area contributed by atoms with Gasteiger partial charge >= 0.3 is 0 Å². The van der Waals surface area contributed by atoms with Gasteiger partial charge < -0.3 is 4.57 Å². The lowest BCUT2D eigenvalue weighted by Gasteiger charge is -2.06. The second-order valence-electron chi connectivity index (χ2n) is 6.75. The number of hydrogen-bond donors (Lipinski definition) is 1. The van der Waals surface area contributed by atoms with Crippen LogP contribution in [0.3, 0.4) is 0 Å². The molecule has 0 radical (unpaired) electrons. The van der Waals surface area contributed by atoms with Gasteiger partial charge in [0.15, 0.2) is 0 Å². The molecule has 0 saturated carbocycles. The van der Waals surface area contributed by atoms with E-state index < -0.39 is 10.0 Å². The molecule has 0 aliphatic rings. The van der Waals surface area contributed by atoms with E-state index in [0.717, 1.165) is 23.1 Å². The Bertz CT molecular complexity index is 988. The molecule has 0 fully saturated rings. The van der Waals surface area contributed by atoms with Crippen LogP contribution >= 0.6 is 0 Å². The van der Waals surface area contributed by atoms with E-state index in [-0.39, 0.29) is 4.90 Å². The topological polar surface area (TPSA) is 81.8 Å². The van der Waals surface area contributed by atoms with Gasteiger partial charge in [-0.1, -0.05) is 13.8 Å². The quantitative estimate of drug-likeness (QED) is 0.656. The van der Waals surface area contributed by atoms with Crippen LogP contribution in [0.1, 0.15) is 26.3 Å². The number of rotatable bonds is 8. The summed E-state index contributed by atoms with van der Waals surface area (Å²) in [6.45, 7) is 8.10. The third-order valence-corrected chi connectivity index (χ3v) is 5.62. The first-order valence-corrected chi connectivity index (χ1v) is 10.3. The average molecular weight is 375 g/mol. The first-order chi connectivity index (χ1) is 12.4. The van der Waals surface area contributed by atoms with Crippen LogP contribution in [0.2, 0.25) is 0 Å². The van der Waals surface area contributed by atoms with Crippen LogP contribution in [0, 0.1) is 5.92 Å². The van der Waals surface area contributed by atoms with Crippen LogP contribution in [0.5, 0.6) is 0 Å². The third kappa shape index (κ3) is 3.96. The van der Waals surface area contributed by atoms with Crippen LogP contribution in [0.15, 0.2) is 41.8 Å². The Balaban J connectivity index is 1.73. The fraction of sp³-hybridized carbons (Fsp3) is 0.444. The van der Waals surface area contributed by atoms with Crippen molar-refractivity contribution < 1.29 is 8.42 Å². The predicted molar refractivity (Wildman–Crippen MR) is 101 cm³/mol. The number of aromatic nitrogens is 4. The Labute approximate surface area is 154 Å². The molecule has 0 spiro atoms. The van der Waals surface area contributed by atoms with Crippen molar-refractivity contribution in [2.24, 2.45) is 5.92 Å². The lowest BCUT2D eigenvalue weighted by Crippen LogP contribution is -2.25. The van der Waals surface area contributed by atoms with Gasteiger partial charge in [0, 0.05) is 43.6 Å². The van der Waals surface area contributed by atoms with Crippen molar-refractivity contribution in [1.29, 1.82) is 0 Å². The smallest absolute Gasteiger partial charge is 0.243 e. The molecule has 0 bridgehead atoms. The molecule has 140 valence electrons. The molecule has 3 aromatic rings. The SMILES string of the molecule is CCn1cc(S(=O)(=O)NCCc2cn(CC(C)C)c3ncccc23)cn1. The van der Waals surface area contributed by atoms with Gasteiger partial charge in [-0.3, -0.25) is 4.68 Å². The Kier molecular flexibility index (Phi) is 5.43. The van der Waals surface area contributed by atoms with Gasteiger partial charge in [-0.05, 0) is 37.0 Å². The summed E-state index contributed by atoms with van der Waals surface area (Å²) in [4.78, 5) is 4.68. The molecule has 7 nitrogen and oxygen atoms in total. The highest BCUT2D eigenvalue weighted by molar-refractivity contribution is 7.89. The van der Waals surface area contributed by atoms with Gasteiger partial charge in [0.05, 0.1) is 6.20 Å². The summed E-state index contributed by atoms with van der Waals surface area (Å²) in [5.74, 6) is 0.508. The van der Waals surface area contributed by atoms with Crippen LogP contribution < -0.4 is 4.72 Å². The molecule has 0 aliphatic carbocycles. The van der Waals surface area contributed by atoms with E-state index in [0.29, 0.717) is 25.4 Å². The van der Waals surface area contributed by atoms with E-state index in [1.54, 1.807) is 17.1 Å². The molecule has 1 N–H and O–H groups in total. The van der Waals surface area contributed by atoms with Gasteiger partial charge in [0.1, 0.15) is 10.5 Å². The van der Waals surface area contributed by atoms with Gasteiger partial charge in [-0.25, -0.2) is 18.1 Å². The molecule has 0 aromatic carbocycles. The van der Waals surface area contributed by atoms with Crippen molar-refractivity contribution in [2.75, 3.05) is 6.54 Å². The summed E-state index contributed by atoms with van der Waals surface area (Å²) in [6, 6.07) is 3.95. The summed E-state index contributed by atoms with van der Waals surface area (Å²) >= 11 is 0. The maximum Gasteiger partial charge on any atom is 0.243 e. The highest BCUT2D eigenvalue weighted by atomic mass is 32.2. The Morgan fingerprint density at radius 1 is 1.27 bits per heavy atom. The predicted octanol–water partition coefficient (Wildman–Crippen LogP) is 2.43. The van der Waals surface area contributed by atoms with Gasteiger partial charge in [0.25, 0.3) is 0 Å². The number of hydrogen-bond acceptors (Lipinski definition) is 4. The van der Waals surface area contributed by atoms with E-state index in [9.17, 15) is 8.42 Å². The number of pyridine rings is 1. The van der Waals surface area contributed by atoms with Crippen LogP contribution in [-0.2, 0) is 29.5 Å². The number of sulfonamides is 1. The van der Waals surface area contributed by atoms with E-state index in [1.807, 2.05) is 19.1 Å². The van der Waals surface area contributed by atoms with Crippen LogP contribution in [-0.4, -0.2) is 34.3 Å². The molecular formula is C18H25N5O2S. The molecule has 3 aromatic heterocycles. The summed E-state index contributed by atoms with van der Waals surface area (Å²) in [5.41, 5.74) is 2.05. The van der Waals surface area contributed by atoms with Crippen molar-refractivity contribution in [1.82, 2.24) is 24.1 Å². The summed E-state index contributed by atoms with van der Waals surface area (Å²) < 4.78 is 31.2. The van der Waals surface area contributed by atoms with E-state index in [1.165, 1.54) is 6.20 Å². The molecule has 0 atom stereocenters. The van der Waals surface area contributed by atoms with Gasteiger partial charge in [-0.15, -0.1) is 0 Å². The normalized spacial score (nSPS) is 12.3. The minimum Gasteiger partial charge on any atom is -0.332 e. The standard InChI is InChI=1S/C18H25N5O2S/c1-4-23-13-16(10-20-23)26(24,25)21-9-7-15-12-22(11-14(2)3)18-17(15)6-5-8-19-18/h5-6,8,10,12-14,21H,4,7,9,11H2,1-3H3. The molecular weight excluding hydrogens is 350 g/mol. The maximum absolute atomic E-state index is 12.4. The Morgan fingerprint density at radius 2 is 2.08 bits per heavy atom. The largest absolute Gasteiger partial charge is 0.332 e. The zero-order chi connectivity index (χ0) is 18.7. The Morgan fingerprint density at radius 3 is 2.77 bits per heavy atom. The van der Waals surface area contributed by atoms with Crippen molar-refractivity contribution in [3.8, 4) is 0 Å². The van der Waals surface area contributed by atoms with Crippen molar-refractivity contribution in [3.63, 3.8) is 0 Å². The number of fused-ring (bicyclic) bond motifs is 1. The minimum atomic E-state index is -3.54. The van der Waals surface area contributed by atoms with E-state index in [2.05, 4.69) is 39.4 Å². The zero-order valence-corrected chi connectivity index (χ0v) is 16.2. The molecule has 3 heterocycles. The van der Waals surface area contributed by atoms with Gasteiger partial charge in [-0.2, -0.15) is 5.10 Å². The number of aryl methyl sites for hydroxylation is 1. The molecule has 0 saturated heterocycles. The number of nitrogens with zero attached hydrogens (tertiary/aromatic N) is 4. The van der Waals surface area contributed by atoms with Crippen LogP contribution in [0.25, 0.3) is 11.0 Å². The first-order valence-electron chi connectivity index (χ1n) is 8.85. The fourth-order valence-corrected chi connectivity index (χ4v) is 3.97. The molecule has 8 heteroatoms. The zero-order valence-electron chi connectivity index (χ0n) is 15.4. The first kappa shape index (κ1) is 18.6. The number of nitrogens with one attached hydrogen (secondary N) is 1. The fourth-order valence-electron chi connectivity index (χ4n) is 2.99. The van der Waals surface area contributed by atoms with Crippen molar-refractivity contribution >= 4 is 21.1 Å². The van der Waals surface area contributed by atoms with Crippen molar-refractivity contribution in [3.05, 3.63) is 42.5 Å². The maximum atomic E-state index is 12.4. The molecule has 3 rings (SSSR count). The molecule has 0 unspecified atom stereocenters. The van der Waals surface area contributed by atoms with Gasteiger partial charge in [0.2, 0.25) is 10.0 Å². The highest BCUT2D eigenvalue weighted by Crippen LogP contribution is 2.21. The summed E-state index contributed by atoms with van der Waals surface area (Å²) in [5, 5.41) is 5.10.